The molecule has 0 bridgehead atoms. The smallest absolute Gasteiger partial charge is 0.225 e. The van der Waals surface area contributed by atoms with E-state index in [0.29, 0.717) is 0 Å². The first-order valence-corrected chi connectivity index (χ1v) is 6.48. The molecule has 0 saturated carbocycles. The fourth-order valence-corrected chi connectivity index (χ4v) is 1.89. The van der Waals surface area contributed by atoms with Gasteiger partial charge in [-0.15, -0.1) is 0 Å². The maximum atomic E-state index is 4.31. The highest BCUT2D eigenvalue weighted by Gasteiger charge is 2.06. The zero-order chi connectivity index (χ0) is 12.3. The molecule has 0 aliphatic heterocycles. The number of nitrogens with zero attached hydrogens (tertiary/aromatic N) is 3. The van der Waals surface area contributed by atoms with Gasteiger partial charge in [0.25, 0.3) is 0 Å². The van der Waals surface area contributed by atoms with Crippen LogP contribution in [0.3, 0.4) is 0 Å². The van der Waals surface area contributed by atoms with Gasteiger partial charge in [-0.3, -0.25) is 0 Å². The van der Waals surface area contributed by atoms with Gasteiger partial charge in [-0.25, -0.2) is 9.97 Å². The van der Waals surface area contributed by atoms with E-state index in [1.54, 1.807) is 0 Å². The number of aryl methyl sites for hydroxylation is 1. The minimum atomic E-state index is 0.758. The summed E-state index contributed by atoms with van der Waals surface area (Å²) in [6.45, 7) is 2.95. The maximum absolute atomic E-state index is 4.31. The third-order valence-electron chi connectivity index (χ3n) is 2.62. The SMILES string of the molecule is Cc1ccccc1CN(C)c1ncc(I)cn1. The Hall–Kier alpha value is -1.17. The lowest BCUT2D eigenvalue weighted by Crippen LogP contribution is -2.19. The van der Waals surface area contributed by atoms with Crippen LogP contribution >= 0.6 is 22.6 Å². The van der Waals surface area contributed by atoms with Crippen LogP contribution in [0.4, 0.5) is 5.95 Å². The van der Waals surface area contributed by atoms with E-state index in [2.05, 4.69) is 68.6 Å². The molecule has 0 atom stereocenters. The second-order valence-corrected chi connectivity index (χ2v) is 5.23. The normalized spacial score (nSPS) is 10.3. The Morgan fingerprint density at radius 1 is 1.18 bits per heavy atom. The molecule has 3 nitrogen and oxygen atoms in total. The van der Waals surface area contributed by atoms with Crippen molar-refractivity contribution in [1.29, 1.82) is 0 Å². The number of halogens is 1. The zero-order valence-corrected chi connectivity index (χ0v) is 12.0. The number of anilines is 1. The molecule has 0 fully saturated rings. The Kier molecular flexibility index (Phi) is 3.93. The van der Waals surface area contributed by atoms with E-state index in [4.69, 9.17) is 0 Å². The minimum Gasteiger partial charge on any atom is -0.340 e. The van der Waals surface area contributed by atoms with Gasteiger partial charge in [-0.1, -0.05) is 24.3 Å². The van der Waals surface area contributed by atoms with E-state index in [0.717, 1.165) is 16.1 Å². The van der Waals surface area contributed by atoms with E-state index in [9.17, 15) is 0 Å². The van der Waals surface area contributed by atoms with E-state index in [-0.39, 0.29) is 0 Å². The van der Waals surface area contributed by atoms with Gasteiger partial charge in [0.15, 0.2) is 0 Å². The molecule has 2 aromatic rings. The van der Waals surface area contributed by atoms with Crippen LogP contribution in [0, 0.1) is 10.5 Å². The predicted octanol–water partition coefficient (Wildman–Crippen LogP) is 3.03. The predicted molar refractivity (Wildman–Crippen MR) is 78.0 cm³/mol. The van der Waals surface area contributed by atoms with E-state index in [1.165, 1.54) is 11.1 Å². The first-order valence-electron chi connectivity index (χ1n) is 5.40. The van der Waals surface area contributed by atoms with Crippen LogP contribution < -0.4 is 4.90 Å². The van der Waals surface area contributed by atoms with Crippen molar-refractivity contribution in [3.8, 4) is 0 Å². The summed E-state index contributed by atoms with van der Waals surface area (Å²) in [5.41, 5.74) is 2.60. The molecule has 1 heterocycles. The highest BCUT2D eigenvalue weighted by atomic mass is 127. The molecule has 0 spiro atoms. The average Bonchev–Trinajstić information content (AvgIpc) is 2.33. The van der Waals surface area contributed by atoms with Crippen LogP contribution in [0.25, 0.3) is 0 Å². The molecule has 0 aliphatic rings. The minimum absolute atomic E-state index is 0.758. The van der Waals surface area contributed by atoms with Gasteiger partial charge in [-0.05, 0) is 40.6 Å². The second kappa shape index (κ2) is 5.44. The Balaban J connectivity index is 2.14. The van der Waals surface area contributed by atoms with E-state index >= 15 is 0 Å². The first kappa shape index (κ1) is 12.3. The van der Waals surface area contributed by atoms with Crippen LogP contribution in [0.5, 0.6) is 0 Å². The first-order chi connectivity index (χ1) is 8.16. The summed E-state index contributed by atoms with van der Waals surface area (Å²) in [7, 11) is 2.01. The van der Waals surface area contributed by atoms with Gasteiger partial charge in [0.1, 0.15) is 0 Å². The molecule has 2 rings (SSSR count). The lowest BCUT2D eigenvalue weighted by Gasteiger charge is -2.18. The van der Waals surface area contributed by atoms with Gasteiger partial charge in [0.05, 0.1) is 0 Å². The van der Waals surface area contributed by atoms with Crippen molar-refractivity contribution in [2.75, 3.05) is 11.9 Å². The number of rotatable bonds is 3. The molecule has 88 valence electrons. The Bertz CT molecular complexity index is 496. The van der Waals surface area contributed by atoms with E-state index < -0.39 is 0 Å². The molecule has 17 heavy (non-hydrogen) atoms. The van der Waals surface area contributed by atoms with Crippen molar-refractivity contribution in [3.05, 3.63) is 51.4 Å². The third kappa shape index (κ3) is 3.15. The van der Waals surface area contributed by atoms with Gasteiger partial charge in [0.2, 0.25) is 5.95 Å². The zero-order valence-electron chi connectivity index (χ0n) is 9.89. The van der Waals surface area contributed by atoms with E-state index in [1.807, 2.05) is 19.4 Å². The Labute approximate surface area is 115 Å². The molecule has 0 amide bonds. The fourth-order valence-electron chi connectivity index (χ4n) is 1.62. The summed E-state index contributed by atoms with van der Waals surface area (Å²) in [5, 5.41) is 0. The highest BCUT2D eigenvalue weighted by Crippen LogP contribution is 2.13. The van der Waals surface area contributed by atoms with Crippen molar-refractivity contribution >= 4 is 28.5 Å². The summed E-state index contributed by atoms with van der Waals surface area (Å²) < 4.78 is 1.05. The molecule has 4 heteroatoms. The van der Waals surface area contributed by atoms with Crippen LogP contribution in [0.15, 0.2) is 36.7 Å². The molecule has 0 N–H and O–H groups in total. The monoisotopic (exact) mass is 339 g/mol. The fraction of sp³-hybridized carbons (Fsp3) is 0.231. The molecule has 1 aromatic carbocycles. The molecular weight excluding hydrogens is 325 g/mol. The van der Waals surface area contributed by atoms with Gasteiger partial charge in [0, 0.05) is 29.6 Å². The molecule has 0 saturated heterocycles. The van der Waals surface area contributed by atoms with Crippen molar-refractivity contribution in [2.45, 2.75) is 13.5 Å². The molecule has 1 aromatic heterocycles. The number of hydrogen-bond donors (Lipinski definition) is 0. The summed E-state index contributed by atoms with van der Waals surface area (Å²) >= 11 is 2.21. The van der Waals surface area contributed by atoms with Crippen LogP contribution in [0.1, 0.15) is 11.1 Å². The summed E-state index contributed by atoms with van der Waals surface area (Å²) in [6.07, 6.45) is 3.66. The van der Waals surface area contributed by atoms with Crippen LogP contribution in [-0.4, -0.2) is 17.0 Å². The van der Waals surface area contributed by atoms with Crippen molar-refractivity contribution < 1.29 is 0 Å². The molecule has 0 radical (unpaired) electrons. The van der Waals surface area contributed by atoms with Gasteiger partial charge >= 0.3 is 0 Å². The van der Waals surface area contributed by atoms with Crippen LogP contribution in [-0.2, 0) is 6.54 Å². The number of benzene rings is 1. The molecule has 0 unspecified atom stereocenters. The lowest BCUT2D eigenvalue weighted by atomic mass is 10.1. The van der Waals surface area contributed by atoms with Crippen LogP contribution in [0.2, 0.25) is 0 Å². The highest BCUT2D eigenvalue weighted by molar-refractivity contribution is 14.1. The largest absolute Gasteiger partial charge is 0.340 e. The third-order valence-corrected chi connectivity index (χ3v) is 3.17. The quantitative estimate of drug-likeness (QED) is 0.805. The molecule has 0 aliphatic carbocycles. The van der Waals surface area contributed by atoms with Crippen molar-refractivity contribution in [2.24, 2.45) is 0 Å². The molecular formula is C13H14IN3. The summed E-state index contributed by atoms with van der Waals surface area (Å²) in [4.78, 5) is 10.7. The Morgan fingerprint density at radius 2 is 1.82 bits per heavy atom. The standard InChI is InChI=1S/C13H14IN3/c1-10-5-3-4-6-11(10)9-17(2)13-15-7-12(14)8-16-13/h3-8H,9H2,1-2H3. The maximum Gasteiger partial charge on any atom is 0.225 e. The van der Waals surface area contributed by atoms with Crippen molar-refractivity contribution in [1.82, 2.24) is 9.97 Å². The number of aromatic nitrogens is 2. The van der Waals surface area contributed by atoms with Gasteiger partial charge in [-0.2, -0.15) is 0 Å². The Morgan fingerprint density at radius 3 is 2.47 bits per heavy atom. The average molecular weight is 339 g/mol. The second-order valence-electron chi connectivity index (χ2n) is 3.98. The van der Waals surface area contributed by atoms with Crippen molar-refractivity contribution in [3.63, 3.8) is 0 Å². The summed E-state index contributed by atoms with van der Waals surface area (Å²) in [6, 6.07) is 8.38. The lowest BCUT2D eigenvalue weighted by molar-refractivity contribution is 0.859. The topological polar surface area (TPSA) is 29.0 Å². The number of hydrogen-bond acceptors (Lipinski definition) is 3. The van der Waals surface area contributed by atoms with Gasteiger partial charge < -0.3 is 4.90 Å². The summed E-state index contributed by atoms with van der Waals surface area (Å²) in [5.74, 6) is 0.758.